The smallest absolute Gasteiger partial charge is 0.463 e. The molecular formula is C27H48NO8P. The number of rotatable bonds is 24. The molecule has 0 saturated heterocycles. The first kappa shape index (κ1) is 35.2. The van der Waals surface area contributed by atoms with Crippen LogP contribution in [0.3, 0.4) is 0 Å². The average molecular weight is 546 g/mol. The summed E-state index contributed by atoms with van der Waals surface area (Å²) in [5, 5.41) is 12.3. The first-order valence-corrected chi connectivity index (χ1v) is 15.0. The third-order valence-corrected chi connectivity index (χ3v) is 6.04. The van der Waals surface area contributed by atoms with E-state index in [2.05, 4.69) is 53.2 Å². The van der Waals surface area contributed by atoms with Crippen LogP contribution in [0.4, 0.5) is 0 Å². The van der Waals surface area contributed by atoms with Gasteiger partial charge in [0.05, 0.1) is 13.2 Å². The Morgan fingerprint density at radius 3 is 2.22 bits per heavy atom. The molecule has 0 bridgehead atoms. The number of ether oxygens (including phenoxy) is 1. The Morgan fingerprint density at radius 2 is 1.51 bits per heavy atom. The van der Waals surface area contributed by atoms with Crippen molar-refractivity contribution in [1.82, 2.24) is 5.32 Å². The van der Waals surface area contributed by atoms with E-state index in [1.807, 2.05) is 6.92 Å². The molecule has 0 aliphatic rings. The number of phosphoric ester groups is 1. The standard InChI is InChI=1S/C27H48NO8P/c1-3-5-6-7-8-9-10-11-12-13-14-15-16-17-18-20-26(30)28-21-22-35-37(32,33)36-24-25(29)23-34-27(31)19-4-2/h5-6,8-9,11-12,25,29H,3-4,7,10,13-24H2,1-2H3,(H,28,30)(H,32,33)/b6-5-,9-8-,12-11-. The molecule has 10 heteroatoms. The van der Waals surface area contributed by atoms with Crippen LogP contribution in [0, 0.1) is 0 Å². The Balaban J connectivity index is 3.64. The second-order valence-corrected chi connectivity index (χ2v) is 10.1. The molecule has 0 aliphatic heterocycles. The third-order valence-electron chi connectivity index (χ3n) is 5.05. The first-order valence-electron chi connectivity index (χ1n) is 13.5. The van der Waals surface area contributed by atoms with Gasteiger partial charge in [0.15, 0.2) is 0 Å². The summed E-state index contributed by atoms with van der Waals surface area (Å²) in [5.41, 5.74) is 0. The van der Waals surface area contributed by atoms with Crippen molar-refractivity contribution >= 4 is 19.7 Å². The lowest BCUT2D eigenvalue weighted by molar-refractivity contribution is -0.147. The van der Waals surface area contributed by atoms with Gasteiger partial charge in [-0.1, -0.05) is 69.6 Å². The van der Waals surface area contributed by atoms with Gasteiger partial charge >= 0.3 is 13.8 Å². The normalized spacial score (nSPS) is 14.4. The molecule has 0 radical (unpaired) electrons. The van der Waals surface area contributed by atoms with Crippen LogP contribution >= 0.6 is 7.82 Å². The second kappa shape index (κ2) is 24.6. The first-order chi connectivity index (χ1) is 17.8. The topological polar surface area (TPSA) is 131 Å². The molecular weight excluding hydrogens is 497 g/mol. The molecule has 0 aliphatic carbocycles. The van der Waals surface area contributed by atoms with Crippen LogP contribution in [-0.2, 0) is 27.9 Å². The fourth-order valence-electron chi connectivity index (χ4n) is 3.08. The summed E-state index contributed by atoms with van der Waals surface area (Å²) in [7, 11) is -4.38. The Morgan fingerprint density at radius 1 is 0.865 bits per heavy atom. The summed E-state index contributed by atoms with van der Waals surface area (Å²) >= 11 is 0. The van der Waals surface area contributed by atoms with Crippen molar-refractivity contribution in [2.75, 3.05) is 26.4 Å². The number of carbonyl (C=O) groups is 2. The maximum atomic E-state index is 11.9. The molecule has 0 fully saturated rings. The summed E-state index contributed by atoms with van der Waals surface area (Å²) in [6, 6.07) is 0. The zero-order valence-electron chi connectivity index (χ0n) is 22.6. The van der Waals surface area contributed by atoms with Crippen LogP contribution in [0.5, 0.6) is 0 Å². The largest absolute Gasteiger partial charge is 0.472 e. The van der Waals surface area contributed by atoms with Crippen LogP contribution in [0.1, 0.15) is 90.9 Å². The predicted octanol–water partition coefficient (Wildman–Crippen LogP) is 5.53. The number of hydrogen-bond acceptors (Lipinski definition) is 7. The van der Waals surface area contributed by atoms with Gasteiger partial charge in [-0.25, -0.2) is 4.57 Å². The Bertz CT molecular complexity index is 723. The molecule has 2 unspecified atom stereocenters. The SMILES string of the molecule is CC/C=C\C/C=C\C/C=C\CCCCCCCC(=O)NCCOP(=O)(O)OCC(O)COC(=O)CCC. The number of allylic oxidation sites excluding steroid dienone is 6. The monoisotopic (exact) mass is 545 g/mol. The summed E-state index contributed by atoms with van der Waals surface area (Å²) in [4.78, 5) is 32.7. The number of amides is 1. The lowest BCUT2D eigenvalue weighted by atomic mass is 10.1. The van der Waals surface area contributed by atoms with Gasteiger partial charge in [-0.3, -0.25) is 18.6 Å². The molecule has 9 nitrogen and oxygen atoms in total. The number of aliphatic hydroxyl groups is 1. The predicted molar refractivity (Wildman–Crippen MR) is 146 cm³/mol. The molecule has 0 saturated carbocycles. The summed E-state index contributed by atoms with van der Waals surface area (Å²) in [5.74, 6) is -0.596. The molecule has 0 rings (SSSR count). The van der Waals surface area contributed by atoms with Crippen molar-refractivity contribution in [1.29, 1.82) is 0 Å². The van der Waals surface area contributed by atoms with E-state index in [9.17, 15) is 24.2 Å². The number of esters is 1. The van der Waals surface area contributed by atoms with Crippen molar-refractivity contribution in [3.63, 3.8) is 0 Å². The van der Waals surface area contributed by atoms with Crippen LogP contribution < -0.4 is 5.32 Å². The lowest BCUT2D eigenvalue weighted by Crippen LogP contribution is -2.27. The molecule has 3 N–H and O–H groups in total. The van der Waals surface area contributed by atoms with E-state index in [1.165, 1.54) is 0 Å². The molecule has 0 heterocycles. The van der Waals surface area contributed by atoms with Gasteiger partial charge in [-0.05, 0) is 44.9 Å². The van der Waals surface area contributed by atoms with E-state index in [0.717, 1.165) is 57.8 Å². The molecule has 2 atom stereocenters. The Kier molecular flexibility index (Phi) is 23.4. The van der Waals surface area contributed by atoms with Gasteiger partial charge in [0.1, 0.15) is 12.7 Å². The maximum absolute atomic E-state index is 11.9. The van der Waals surface area contributed by atoms with Crippen LogP contribution in [0.25, 0.3) is 0 Å². The number of aliphatic hydroxyl groups excluding tert-OH is 1. The van der Waals surface area contributed by atoms with Gasteiger partial charge in [0, 0.05) is 19.4 Å². The van der Waals surface area contributed by atoms with Gasteiger partial charge in [-0.2, -0.15) is 0 Å². The second-order valence-electron chi connectivity index (χ2n) is 8.63. The van der Waals surface area contributed by atoms with Crippen molar-refractivity contribution in [2.24, 2.45) is 0 Å². The van der Waals surface area contributed by atoms with Crippen molar-refractivity contribution < 1.29 is 37.9 Å². The molecule has 0 aromatic carbocycles. The summed E-state index contributed by atoms with van der Waals surface area (Å²) < 4.78 is 26.0. The van der Waals surface area contributed by atoms with Gasteiger partial charge in [0.25, 0.3) is 0 Å². The summed E-state index contributed by atoms with van der Waals surface area (Å²) in [6.45, 7) is 2.96. The van der Waals surface area contributed by atoms with Crippen LogP contribution in [-0.4, -0.2) is 54.3 Å². The molecule has 0 spiro atoms. The van der Waals surface area contributed by atoms with E-state index in [-0.39, 0.29) is 32.1 Å². The van der Waals surface area contributed by atoms with Crippen molar-refractivity contribution in [3.05, 3.63) is 36.5 Å². The van der Waals surface area contributed by atoms with Crippen LogP contribution in [0.2, 0.25) is 0 Å². The van der Waals surface area contributed by atoms with Crippen molar-refractivity contribution in [2.45, 2.75) is 97.0 Å². The van der Waals surface area contributed by atoms with Gasteiger partial charge in [-0.15, -0.1) is 0 Å². The van der Waals surface area contributed by atoms with E-state index in [4.69, 9.17) is 9.26 Å². The minimum Gasteiger partial charge on any atom is -0.463 e. The number of phosphoric acid groups is 1. The van der Waals surface area contributed by atoms with Gasteiger partial charge < -0.3 is 20.1 Å². The maximum Gasteiger partial charge on any atom is 0.472 e. The fraction of sp³-hybridized carbons (Fsp3) is 0.704. The van der Waals surface area contributed by atoms with Gasteiger partial charge in [0.2, 0.25) is 5.91 Å². The van der Waals surface area contributed by atoms with E-state index in [1.54, 1.807) is 0 Å². The minimum absolute atomic E-state index is 0.0703. The highest BCUT2D eigenvalue weighted by atomic mass is 31.2. The highest BCUT2D eigenvalue weighted by Gasteiger charge is 2.23. The Hall–Kier alpha value is -1.77. The molecule has 0 aromatic heterocycles. The third kappa shape index (κ3) is 25.7. The zero-order chi connectivity index (χ0) is 27.6. The summed E-state index contributed by atoms with van der Waals surface area (Å²) in [6.07, 6.45) is 22.4. The van der Waals surface area contributed by atoms with Crippen LogP contribution in [0.15, 0.2) is 36.5 Å². The van der Waals surface area contributed by atoms with E-state index >= 15 is 0 Å². The number of nitrogens with one attached hydrogen (secondary N) is 1. The van der Waals surface area contributed by atoms with E-state index in [0.29, 0.717) is 12.8 Å². The molecule has 1 amide bonds. The lowest BCUT2D eigenvalue weighted by Gasteiger charge is -2.15. The highest BCUT2D eigenvalue weighted by Crippen LogP contribution is 2.42. The van der Waals surface area contributed by atoms with E-state index < -0.39 is 26.5 Å². The molecule has 37 heavy (non-hydrogen) atoms. The number of carbonyl (C=O) groups excluding carboxylic acids is 2. The molecule has 214 valence electrons. The average Bonchev–Trinajstić information content (AvgIpc) is 2.86. The number of unbranched alkanes of at least 4 members (excludes halogenated alkanes) is 5. The molecule has 0 aromatic rings. The van der Waals surface area contributed by atoms with Crippen molar-refractivity contribution in [3.8, 4) is 0 Å². The Labute approximate surface area is 223 Å². The fourth-order valence-corrected chi connectivity index (χ4v) is 3.83. The minimum atomic E-state index is -4.38. The highest BCUT2D eigenvalue weighted by molar-refractivity contribution is 7.47. The number of hydrogen-bond donors (Lipinski definition) is 3. The quantitative estimate of drug-likeness (QED) is 0.0624. The zero-order valence-corrected chi connectivity index (χ0v) is 23.5.